The van der Waals surface area contributed by atoms with Crippen molar-refractivity contribution in [3.05, 3.63) is 30.1 Å². The van der Waals surface area contributed by atoms with Gasteiger partial charge in [0.1, 0.15) is 0 Å². The van der Waals surface area contributed by atoms with Crippen LogP contribution in [0.2, 0.25) is 0 Å². The Labute approximate surface area is 161 Å². The molecule has 6 heteroatoms. The number of carbonyl (C=O) groups excluding carboxylic acids is 2. The molecule has 146 valence electrons. The molecule has 0 bridgehead atoms. The first-order chi connectivity index (χ1) is 12.9. The van der Waals surface area contributed by atoms with Crippen LogP contribution in [-0.2, 0) is 4.79 Å². The number of imidazole rings is 1. The van der Waals surface area contributed by atoms with E-state index in [2.05, 4.69) is 37.2 Å². The smallest absolute Gasteiger partial charge is 0.253 e. The van der Waals surface area contributed by atoms with E-state index in [0.717, 1.165) is 24.0 Å². The van der Waals surface area contributed by atoms with Gasteiger partial charge in [-0.2, -0.15) is 0 Å². The molecule has 0 spiro atoms. The number of nitrogens with zero attached hydrogens (tertiary/aromatic N) is 4. The number of amides is 2. The Bertz CT molecular complexity index is 825. The number of hydrogen-bond donors (Lipinski definition) is 0. The average Bonchev–Trinajstić information content (AvgIpc) is 2.88. The van der Waals surface area contributed by atoms with Crippen molar-refractivity contribution in [2.45, 2.75) is 46.6 Å². The van der Waals surface area contributed by atoms with Crippen LogP contribution in [0.5, 0.6) is 0 Å². The summed E-state index contributed by atoms with van der Waals surface area (Å²) in [6.45, 7) is 11.0. The number of benzene rings is 1. The van der Waals surface area contributed by atoms with Crippen LogP contribution >= 0.6 is 0 Å². The van der Waals surface area contributed by atoms with Crippen LogP contribution in [0.3, 0.4) is 0 Å². The molecule has 1 aromatic carbocycles. The number of carbonyl (C=O) groups is 2. The van der Waals surface area contributed by atoms with Gasteiger partial charge in [-0.05, 0) is 44.4 Å². The van der Waals surface area contributed by atoms with Gasteiger partial charge in [0.2, 0.25) is 5.91 Å². The monoisotopic (exact) mass is 370 g/mol. The summed E-state index contributed by atoms with van der Waals surface area (Å²) in [6.07, 6.45) is 3.22. The lowest BCUT2D eigenvalue weighted by Gasteiger charge is -2.23. The lowest BCUT2D eigenvalue weighted by molar-refractivity contribution is -0.131. The molecular weight excluding hydrogens is 340 g/mol. The highest BCUT2D eigenvalue weighted by atomic mass is 16.2. The van der Waals surface area contributed by atoms with Gasteiger partial charge in [0.25, 0.3) is 5.91 Å². The Balaban J connectivity index is 1.70. The molecule has 2 heterocycles. The molecule has 2 amide bonds. The molecular formula is C21H30N4O2. The van der Waals surface area contributed by atoms with Gasteiger partial charge in [0.05, 0.1) is 17.4 Å². The Morgan fingerprint density at radius 2 is 1.74 bits per heavy atom. The van der Waals surface area contributed by atoms with E-state index in [1.165, 1.54) is 0 Å². The fourth-order valence-electron chi connectivity index (χ4n) is 3.61. The molecule has 1 aromatic heterocycles. The third-order valence-corrected chi connectivity index (χ3v) is 5.10. The highest BCUT2D eigenvalue weighted by Gasteiger charge is 2.23. The van der Waals surface area contributed by atoms with Crippen molar-refractivity contribution in [3.63, 3.8) is 0 Å². The lowest BCUT2D eigenvalue weighted by Crippen LogP contribution is -2.37. The zero-order chi connectivity index (χ0) is 19.6. The van der Waals surface area contributed by atoms with Crippen LogP contribution in [0.25, 0.3) is 11.0 Å². The fraction of sp³-hybridized carbons (Fsp3) is 0.571. The first-order valence-corrected chi connectivity index (χ1v) is 9.90. The summed E-state index contributed by atoms with van der Waals surface area (Å²) >= 11 is 0. The van der Waals surface area contributed by atoms with Crippen molar-refractivity contribution in [2.75, 3.05) is 26.2 Å². The molecule has 0 saturated carbocycles. The standard InChI is InChI=1S/C21H30N4O2/c1-15(2)12-20(26)23-8-5-9-24(11-10-23)21(27)17-6-7-19-18(13-17)22-14-25(19)16(3)4/h6-7,13-16H,5,8-12H2,1-4H3. The molecule has 6 nitrogen and oxygen atoms in total. The summed E-state index contributed by atoms with van der Waals surface area (Å²) in [5.41, 5.74) is 2.56. The molecule has 1 saturated heterocycles. The van der Waals surface area contributed by atoms with Gasteiger partial charge in [-0.1, -0.05) is 13.8 Å². The van der Waals surface area contributed by atoms with Crippen LogP contribution in [0.15, 0.2) is 24.5 Å². The first-order valence-electron chi connectivity index (χ1n) is 9.90. The quantitative estimate of drug-likeness (QED) is 0.829. The van der Waals surface area contributed by atoms with Crippen LogP contribution in [0.4, 0.5) is 0 Å². The predicted octanol–water partition coefficient (Wildman–Crippen LogP) is 3.34. The van der Waals surface area contributed by atoms with E-state index in [9.17, 15) is 9.59 Å². The second-order valence-electron chi connectivity index (χ2n) is 8.07. The molecule has 0 radical (unpaired) electrons. The maximum atomic E-state index is 13.0. The van der Waals surface area contributed by atoms with Crippen molar-refractivity contribution < 1.29 is 9.59 Å². The summed E-state index contributed by atoms with van der Waals surface area (Å²) in [4.78, 5) is 33.5. The molecule has 0 atom stereocenters. The Kier molecular flexibility index (Phi) is 5.82. The van der Waals surface area contributed by atoms with E-state index >= 15 is 0 Å². The third kappa shape index (κ3) is 4.31. The fourth-order valence-corrected chi connectivity index (χ4v) is 3.61. The normalized spacial score (nSPS) is 15.6. The summed E-state index contributed by atoms with van der Waals surface area (Å²) in [5, 5.41) is 0. The Morgan fingerprint density at radius 1 is 1.04 bits per heavy atom. The third-order valence-electron chi connectivity index (χ3n) is 5.10. The van der Waals surface area contributed by atoms with Gasteiger partial charge in [-0.25, -0.2) is 4.98 Å². The van der Waals surface area contributed by atoms with Crippen LogP contribution in [0.1, 0.15) is 56.9 Å². The molecule has 27 heavy (non-hydrogen) atoms. The Morgan fingerprint density at radius 3 is 2.44 bits per heavy atom. The van der Waals surface area contributed by atoms with Gasteiger partial charge in [-0.15, -0.1) is 0 Å². The largest absolute Gasteiger partial charge is 0.341 e. The van der Waals surface area contributed by atoms with Crippen molar-refractivity contribution in [2.24, 2.45) is 5.92 Å². The van der Waals surface area contributed by atoms with Crippen molar-refractivity contribution >= 4 is 22.8 Å². The second-order valence-corrected chi connectivity index (χ2v) is 8.07. The first kappa shape index (κ1) is 19.4. The average molecular weight is 370 g/mol. The van der Waals surface area contributed by atoms with Crippen LogP contribution < -0.4 is 0 Å². The van der Waals surface area contributed by atoms with Gasteiger partial charge in [-0.3, -0.25) is 9.59 Å². The predicted molar refractivity (Wildman–Crippen MR) is 107 cm³/mol. The number of rotatable bonds is 4. The summed E-state index contributed by atoms with van der Waals surface area (Å²) < 4.78 is 2.10. The molecule has 2 aromatic rings. The van der Waals surface area contributed by atoms with Crippen LogP contribution in [0, 0.1) is 5.92 Å². The topological polar surface area (TPSA) is 58.4 Å². The van der Waals surface area contributed by atoms with Crippen molar-refractivity contribution in [1.29, 1.82) is 0 Å². The molecule has 3 rings (SSSR count). The van der Waals surface area contributed by atoms with Gasteiger partial charge < -0.3 is 14.4 Å². The van der Waals surface area contributed by atoms with E-state index in [1.54, 1.807) is 0 Å². The summed E-state index contributed by atoms with van der Waals surface area (Å²) in [7, 11) is 0. The minimum absolute atomic E-state index is 0.0224. The minimum atomic E-state index is 0.0224. The van der Waals surface area contributed by atoms with Crippen molar-refractivity contribution in [3.8, 4) is 0 Å². The maximum absolute atomic E-state index is 13.0. The number of aromatic nitrogens is 2. The SMILES string of the molecule is CC(C)CC(=O)N1CCCN(C(=O)c2ccc3c(c2)ncn3C(C)C)CC1. The summed E-state index contributed by atoms with van der Waals surface area (Å²) in [6, 6.07) is 6.07. The summed E-state index contributed by atoms with van der Waals surface area (Å²) in [5.74, 6) is 0.574. The van der Waals surface area contributed by atoms with Gasteiger partial charge >= 0.3 is 0 Å². The van der Waals surface area contributed by atoms with E-state index < -0.39 is 0 Å². The molecule has 1 fully saturated rings. The van der Waals surface area contributed by atoms with Gasteiger partial charge in [0.15, 0.2) is 0 Å². The molecule has 0 aliphatic carbocycles. The zero-order valence-corrected chi connectivity index (χ0v) is 16.8. The highest BCUT2D eigenvalue weighted by Crippen LogP contribution is 2.20. The van der Waals surface area contributed by atoms with E-state index in [4.69, 9.17) is 0 Å². The Hall–Kier alpha value is -2.37. The molecule has 1 aliphatic rings. The van der Waals surface area contributed by atoms with E-state index in [-0.39, 0.29) is 11.8 Å². The molecule has 1 aliphatic heterocycles. The zero-order valence-electron chi connectivity index (χ0n) is 16.8. The highest BCUT2D eigenvalue weighted by molar-refractivity contribution is 5.97. The lowest BCUT2D eigenvalue weighted by atomic mass is 10.1. The molecule has 0 N–H and O–H groups in total. The van der Waals surface area contributed by atoms with Gasteiger partial charge in [0, 0.05) is 44.2 Å². The molecule has 0 unspecified atom stereocenters. The number of fused-ring (bicyclic) bond motifs is 1. The second kappa shape index (κ2) is 8.11. The number of hydrogen-bond acceptors (Lipinski definition) is 3. The van der Waals surface area contributed by atoms with E-state index in [0.29, 0.717) is 43.6 Å². The minimum Gasteiger partial charge on any atom is -0.341 e. The van der Waals surface area contributed by atoms with E-state index in [1.807, 2.05) is 34.3 Å². The van der Waals surface area contributed by atoms with Crippen LogP contribution in [-0.4, -0.2) is 57.3 Å². The van der Waals surface area contributed by atoms with Crippen molar-refractivity contribution in [1.82, 2.24) is 19.4 Å². The maximum Gasteiger partial charge on any atom is 0.253 e.